The second kappa shape index (κ2) is 4.50. The van der Waals surface area contributed by atoms with E-state index < -0.39 is 0 Å². The largest absolute Gasteiger partial charge is 0.295 e. The fourth-order valence-electron chi connectivity index (χ4n) is 3.83. The summed E-state index contributed by atoms with van der Waals surface area (Å²) in [5.74, 6) is 0.548. The summed E-state index contributed by atoms with van der Waals surface area (Å²) < 4.78 is 0. The lowest BCUT2D eigenvalue weighted by atomic mass is 9.82. The molecule has 1 heteroatoms. The number of benzene rings is 2. The van der Waals surface area contributed by atoms with Crippen LogP contribution in [0.1, 0.15) is 41.5 Å². The lowest BCUT2D eigenvalue weighted by Crippen LogP contribution is -2.34. The van der Waals surface area contributed by atoms with Crippen LogP contribution in [0.2, 0.25) is 0 Å². The molecule has 2 atom stereocenters. The van der Waals surface area contributed by atoms with Crippen molar-refractivity contribution in [2.75, 3.05) is 13.1 Å². The van der Waals surface area contributed by atoms with Gasteiger partial charge in [0.25, 0.3) is 0 Å². The molecular weight excluding hydrogens is 230 g/mol. The second-order valence-corrected chi connectivity index (χ2v) is 5.75. The zero-order chi connectivity index (χ0) is 12.7. The minimum absolute atomic E-state index is 0.548. The van der Waals surface area contributed by atoms with E-state index in [1.807, 2.05) is 0 Å². The van der Waals surface area contributed by atoms with Crippen LogP contribution < -0.4 is 0 Å². The fraction of sp³-hybridized carbons (Fsp3) is 0.333. The first-order valence-electron chi connectivity index (χ1n) is 7.31. The summed E-state index contributed by atoms with van der Waals surface area (Å²) in [4.78, 5) is 2.68. The Bertz CT molecular complexity index is 575. The van der Waals surface area contributed by atoms with Gasteiger partial charge in [-0.3, -0.25) is 4.90 Å². The van der Waals surface area contributed by atoms with Crippen molar-refractivity contribution >= 4 is 0 Å². The molecule has 0 spiro atoms. The molecule has 1 nitrogen and oxygen atoms in total. The molecule has 2 aromatic carbocycles. The molecule has 0 amide bonds. The van der Waals surface area contributed by atoms with Crippen LogP contribution >= 0.6 is 0 Å². The third-order valence-corrected chi connectivity index (χ3v) is 4.71. The van der Waals surface area contributed by atoms with Crippen molar-refractivity contribution in [3.8, 4) is 0 Å². The topological polar surface area (TPSA) is 3.24 Å². The summed E-state index contributed by atoms with van der Waals surface area (Å²) in [6, 6.07) is 20.7. The highest BCUT2D eigenvalue weighted by molar-refractivity contribution is 5.42. The molecule has 2 aliphatic rings. The summed E-state index contributed by atoms with van der Waals surface area (Å²) in [6.07, 6.45) is 2.68. The quantitative estimate of drug-likeness (QED) is 0.739. The lowest BCUT2D eigenvalue weighted by Gasteiger charge is -2.37. The maximum atomic E-state index is 2.68. The molecule has 0 saturated carbocycles. The molecule has 0 aliphatic carbocycles. The molecule has 19 heavy (non-hydrogen) atoms. The average molecular weight is 249 g/mol. The zero-order valence-electron chi connectivity index (χ0n) is 11.1. The highest BCUT2D eigenvalue weighted by atomic mass is 15.2. The Balaban J connectivity index is 1.83. The van der Waals surface area contributed by atoms with E-state index in [9.17, 15) is 0 Å². The van der Waals surface area contributed by atoms with Crippen LogP contribution in [-0.4, -0.2) is 18.0 Å². The molecule has 1 fully saturated rings. The molecule has 0 N–H and O–H groups in total. The summed E-state index contributed by atoms with van der Waals surface area (Å²) in [7, 11) is 0. The van der Waals surface area contributed by atoms with Crippen molar-refractivity contribution in [2.24, 2.45) is 0 Å². The number of fused-ring (bicyclic) bond motifs is 3. The van der Waals surface area contributed by atoms with Gasteiger partial charge < -0.3 is 0 Å². The highest BCUT2D eigenvalue weighted by Gasteiger charge is 2.35. The minimum atomic E-state index is 0.548. The summed E-state index contributed by atoms with van der Waals surface area (Å²) >= 11 is 0. The van der Waals surface area contributed by atoms with Crippen molar-refractivity contribution in [2.45, 2.75) is 24.8 Å². The first-order valence-corrected chi connectivity index (χ1v) is 7.31. The Kier molecular flexibility index (Phi) is 2.66. The molecule has 96 valence electrons. The van der Waals surface area contributed by atoms with Crippen molar-refractivity contribution in [3.05, 3.63) is 71.3 Å². The molecule has 4 rings (SSSR count). The third kappa shape index (κ3) is 1.81. The maximum absolute atomic E-state index is 2.68. The van der Waals surface area contributed by atoms with E-state index in [0.29, 0.717) is 12.0 Å². The van der Waals surface area contributed by atoms with E-state index in [-0.39, 0.29) is 0 Å². The van der Waals surface area contributed by atoms with Crippen molar-refractivity contribution in [1.29, 1.82) is 0 Å². The predicted molar refractivity (Wildman–Crippen MR) is 78.3 cm³/mol. The fourth-order valence-corrected chi connectivity index (χ4v) is 3.83. The summed E-state index contributed by atoms with van der Waals surface area (Å²) in [5.41, 5.74) is 4.58. The molecule has 2 aliphatic heterocycles. The van der Waals surface area contributed by atoms with Crippen LogP contribution in [0.4, 0.5) is 0 Å². The van der Waals surface area contributed by atoms with Crippen LogP contribution in [0.3, 0.4) is 0 Å². The Hall–Kier alpha value is -1.60. The van der Waals surface area contributed by atoms with Gasteiger partial charge in [0, 0.05) is 18.5 Å². The Morgan fingerprint density at radius 1 is 0.842 bits per heavy atom. The van der Waals surface area contributed by atoms with E-state index in [0.717, 1.165) is 0 Å². The monoisotopic (exact) mass is 249 g/mol. The van der Waals surface area contributed by atoms with Gasteiger partial charge in [0.15, 0.2) is 0 Å². The average Bonchev–Trinajstić information content (AvgIpc) is 2.96. The van der Waals surface area contributed by atoms with Crippen molar-refractivity contribution < 1.29 is 0 Å². The standard InChI is InChI=1S/C18H19N/c1-2-7-14(8-3-1)17-13-19-12-6-11-18(19)16-10-5-4-9-15(16)17/h1-5,7-10,17-18H,6,11-13H2/t17?,18-/m0/s1. The van der Waals surface area contributed by atoms with E-state index in [4.69, 9.17) is 0 Å². The number of hydrogen-bond acceptors (Lipinski definition) is 1. The van der Waals surface area contributed by atoms with Crippen molar-refractivity contribution in [1.82, 2.24) is 4.90 Å². The lowest BCUT2D eigenvalue weighted by molar-refractivity contribution is 0.230. The Morgan fingerprint density at radius 2 is 1.58 bits per heavy atom. The van der Waals surface area contributed by atoms with Crippen molar-refractivity contribution in [3.63, 3.8) is 0 Å². The first kappa shape index (κ1) is 11.2. The van der Waals surface area contributed by atoms with Gasteiger partial charge in [-0.05, 0) is 36.1 Å². The van der Waals surface area contributed by atoms with Gasteiger partial charge in [-0.2, -0.15) is 0 Å². The van der Waals surface area contributed by atoms with Gasteiger partial charge in [0.2, 0.25) is 0 Å². The molecule has 2 heterocycles. The maximum Gasteiger partial charge on any atom is 0.0351 e. The second-order valence-electron chi connectivity index (χ2n) is 5.75. The van der Waals surface area contributed by atoms with E-state index in [2.05, 4.69) is 59.5 Å². The molecule has 1 saturated heterocycles. The van der Waals surface area contributed by atoms with Crippen LogP contribution in [0.15, 0.2) is 54.6 Å². The Labute approximate surface area is 114 Å². The predicted octanol–water partition coefficient (Wildman–Crippen LogP) is 3.97. The molecule has 0 aromatic heterocycles. The number of hydrogen-bond donors (Lipinski definition) is 0. The van der Waals surface area contributed by atoms with Crippen LogP contribution in [0, 0.1) is 0 Å². The molecule has 0 radical (unpaired) electrons. The van der Waals surface area contributed by atoms with Crippen LogP contribution in [-0.2, 0) is 0 Å². The molecule has 2 aromatic rings. The normalized spacial score (nSPS) is 25.9. The number of nitrogens with zero attached hydrogens (tertiary/aromatic N) is 1. The zero-order valence-corrected chi connectivity index (χ0v) is 11.1. The van der Waals surface area contributed by atoms with Crippen LogP contribution in [0.5, 0.6) is 0 Å². The van der Waals surface area contributed by atoms with E-state index in [1.54, 1.807) is 11.1 Å². The van der Waals surface area contributed by atoms with Gasteiger partial charge in [0.05, 0.1) is 0 Å². The van der Waals surface area contributed by atoms with Gasteiger partial charge in [-0.1, -0.05) is 54.6 Å². The molecule has 0 bridgehead atoms. The smallest absolute Gasteiger partial charge is 0.0351 e. The SMILES string of the molecule is c1ccc(C2CN3CCC[C@H]3c3ccccc32)cc1. The van der Waals surface area contributed by atoms with Gasteiger partial charge in [-0.25, -0.2) is 0 Å². The molecule has 1 unspecified atom stereocenters. The van der Waals surface area contributed by atoms with E-state index >= 15 is 0 Å². The summed E-state index contributed by atoms with van der Waals surface area (Å²) in [5, 5.41) is 0. The van der Waals surface area contributed by atoms with Gasteiger partial charge in [0.1, 0.15) is 0 Å². The van der Waals surface area contributed by atoms with Gasteiger partial charge in [-0.15, -0.1) is 0 Å². The molecular formula is C18H19N. The summed E-state index contributed by atoms with van der Waals surface area (Å²) in [6.45, 7) is 2.45. The third-order valence-electron chi connectivity index (χ3n) is 4.71. The van der Waals surface area contributed by atoms with Crippen LogP contribution in [0.25, 0.3) is 0 Å². The number of rotatable bonds is 1. The van der Waals surface area contributed by atoms with E-state index in [1.165, 1.54) is 31.5 Å². The minimum Gasteiger partial charge on any atom is -0.295 e. The first-order chi connectivity index (χ1) is 9.43. The highest BCUT2D eigenvalue weighted by Crippen LogP contribution is 2.43. The Morgan fingerprint density at radius 3 is 2.42 bits per heavy atom. The van der Waals surface area contributed by atoms with Gasteiger partial charge >= 0.3 is 0 Å².